The second-order valence-electron chi connectivity index (χ2n) is 3.31. The van der Waals surface area contributed by atoms with Gasteiger partial charge < -0.3 is 0 Å². The Bertz CT molecular complexity index is 525. The first-order chi connectivity index (χ1) is 8.22. The van der Waals surface area contributed by atoms with Gasteiger partial charge in [0.15, 0.2) is 0 Å². The first-order valence-electron chi connectivity index (χ1n) is 4.93. The van der Waals surface area contributed by atoms with Crippen LogP contribution in [-0.4, -0.2) is 22.1 Å². The molecule has 0 aromatic carbocycles. The van der Waals surface area contributed by atoms with Crippen LogP contribution in [0.2, 0.25) is 0 Å². The molecule has 2 rings (SSSR count). The lowest BCUT2D eigenvalue weighted by atomic mass is 10.3. The number of hydroxylamine groups is 1. The van der Waals surface area contributed by atoms with Gasteiger partial charge in [-0.25, -0.2) is 4.98 Å². The number of hydrogen-bond donors (Lipinski definition) is 1. The Morgan fingerprint density at radius 1 is 1.53 bits per heavy atom. The summed E-state index contributed by atoms with van der Waals surface area (Å²) in [7, 11) is 1.53. The zero-order chi connectivity index (χ0) is 12.3. The van der Waals surface area contributed by atoms with Crippen LogP contribution in [0.3, 0.4) is 0 Å². The number of nitrogens with one attached hydrogen (secondary N) is 1. The van der Waals surface area contributed by atoms with E-state index in [1.165, 1.54) is 18.4 Å². The van der Waals surface area contributed by atoms with Crippen LogP contribution in [0.4, 0.5) is 0 Å². The largest absolute Gasteiger partial charge is 0.279 e. The van der Waals surface area contributed by atoms with Crippen molar-refractivity contribution in [3.8, 4) is 10.6 Å². The molecule has 0 atom stereocenters. The van der Waals surface area contributed by atoms with Gasteiger partial charge in [0.2, 0.25) is 0 Å². The quantitative estimate of drug-likeness (QED) is 0.682. The standard InChI is InChI=1S/C11H11N3OS2/c1-7-9(10(16)14-15-2)17-11(13-7)8-4-3-5-12-6-8/h3-6H,1-2H3,(H,14,16). The number of pyridine rings is 1. The summed E-state index contributed by atoms with van der Waals surface area (Å²) in [5.41, 5.74) is 4.54. The molecule has 6 heteroatoms. The second-order valence-corrected chi connectivity index (χ2v) is 4.72. The lowest BCUT2D eigenvalue weighted by Gasteiger charge is -2.01. The van der Waals surface area contributed by atoms with Gasteiger partial charge >= 0.3 is 0 Å². The predicted molar refractivity (Wildman–Crippen MR) is 71.9 cm³/mol. The minimum absolute atomic E-state index is 0.553. The molecule has 0 aliphatic rings. The van der Waals surface area contributed by atoms with Crippen molar-refractivity contribution in [1.82, 2.24) is 15.4 Å². The molecule has 0 spiro atoms. The van der Waals surface area contributed by atoms with Crippen LogP contribution in [0.5, 0.6) is 0 Å². The van der Waals surface area contributed by atoms with Crippen LogP contribution < -0.4 is 5.48 Å². The van der Waals surface area contributed by atoms with E-state index < -0.39 is 0 Å². The lowest BCUT2D eigenvalue weighted by Crippen LogP contribution is -2.20. The molecule has 88 valence electrons. The summed E-state index contributed by atoms with van der Waals surface area (Å²) < 4.78 is 0. The van der Waals surface area contributed by atoms with E-state index in [4.69, 9.17) is 17.1 Å². The van der Waals surface area contributed by atoms with Crippen LogP contribution in [0, 0.1) is 6.92 Å². The Kier molecular flexibility index (Phi) is 3.78. The van der Waals surface area contributed by atoms with Crippen LogP contribution in [0.15, 0.2) is 24.5 Å². The van der Waals surface area contributed by atoms with E-state index >= 15 is 0 Å². The topological polar surface area (TPSA) is 47.0 Å². The van der Waals surface area contributed by atoms with E-state index in [9.17, 15) is 0 Å². The molecule has 0 aliphatic heterocycles. The summed E-state index contributed by atoms with van der Waals surface area (Å²) >= 11 is 6.71. The number of nitrogens with zero attached hydrogens (tertiary/aromatic N) is 2. The molecule has 0 saturated carbocycles. The highest BCUT2D eigenvalue weighted by molar-refractivity contribution is 7.81. The fourth-order valence-electron chi connectivity index (χ4n) is 1.36. The maximum absolute atomic E-state index is 5.19. The van der Waals surface area contributed by atoms with E-state index in [2.05, 4.69) is 15.4 Å². The highest BCUT2D eigenvalue weighted by Crippen LogP contribution is 2.27. The average Bonchev–Trinajstić information content (AvgIpc) is 2.73. The van der Waals surface area contributed by atoms with Gasteiger partial charge in [0.05, 0.1) is 17.7 Å². The fourth-order valence-corrected chi connectivity index (χ4v) is 2.66. The molecule has 0 saturated heterocycles. The molecule has 2 aromatic rings. The van der Waals surface area contributed by atoms with Crippen molar-refractivity contribution < 1.29 is 4.84 Å². The van der Waals surface area contributed by atoms with E-state index in [1.807, 2.05) is 19.1 Å². The predicted octanol–water partition coefficient (Wildman–Crippen LogP) is 2.34. The van der Waals surface area contributed by atoms with Gasteiger partial charge in [-0.05, 0) is 19.1 Å². The first-order valence-corrected chi connectivity index (χ1v) is 6.16. The summed E-state index contributed by atoms with van der Waals surface area (Å²) in [6, 6.07) is 3.86. The van der Waals surface area contributed by atoms with Crippen LogP contribution >= 0.6 is 23.6 Å². The molecule has 17 heavy (non-hydrogen) atoms. The Labute approximate surface area is 109 Å². The molecule has 4 nitrogen and oxygen atoms in total. The van der Waals surface area contributed by atoms with Crippen LogP contribution in [0.25, 0.3) is 10.6 Å². The van der Waals surface area contributed by atoms with Crippen molar-refractivity contribution in [2.45, 2.75) is 6.92 Å². The minimum Gasteiger partial charge on any atom is -0.279 e. The summed E-state index contributed by atoms with van der Waals surface area (Å²) in [5.74, 6) is 0. The van der Waals surface area contributed by atoms with E-state index in [0.29, 0.717) is 4.99 Å². The van der Waals surface area contributed by atoms with Crippen LogP contribution in [-0.2, 0) is 4.84 Å². The first kappa shape index (κ1) is 12.1. The summed E-state index contributed by atoms with van der Waals surface area (Å²) in [6.45, 7) is 1.93. The minimum atomic E-state index is 0.553. The molecule has 0 fully saturated rings. The molecule has 0 radical (unpaired) electrons. The number of aromatic nitrogens is 2. The molecule has 2 heterocycles. The molecule has 0 unspecified atom stereocenters. The molecular weight excluding hydrogens is 254 g/mol. The zero-order valence-electron chi connectivity index (χ0n) is 9.43. The number of aryl methyl sites for hydroxylation is 1. The van der Waals surface area contributed by atoms with Gasteiger partial charge in [0.25, 0.3) is 0 Å². The maximum Gasteiger partial charge on any atom is 0.142 e. The Morgan fingerprint density at radius 2 is 2.35 bits per heavy atom. The lowest BCUT2D eigenvalue weighted by molar-refractivity contribution is 0.147. The van der Waals surface area contributed by atoms with E-state index in [-0.39, 0.29) is 0 Å². The third-order valence-corrected chi connectivity index (χ3v) is 3.75. The molecule has 0 aliphatic carbocycles. The smallest absolute Gasteiger partial charge is 0.142 e. The normalized spacial score (nSPS) is 10.2. The number of thiazole rings is 1. The molecule has 2 aromatic heterocycles. The fraction of sp³-hybridized carbons (Fsp3) is 0.182. The third kappa shape index (κ3) is 2.66. The molecule has 0 bridgehead atoms. The van der Waals surface area contributed by atoms with Crippen molar-refractivity contribution in [2.75, 3.05) is 7.11 Å². The SMILES string of the molecule is CONC(=S)c1sc(-c2cccnc2)nc1C. The van der Waals surface area contributed by atoms with Gasteiger partial charge in [-0.1, -0.05) is 12.2 Å². The van der Waals surface area contributed by atoms with Crippen molar-refractivity contribution in [1.29, 1.82) is 0 Å². The maximum atomic E-state index is 5.19. The van der Waals surface area contributed by atoms with Crippen molar-refractivity contribution in [3.05, 3.63) is 35.1 Å². The van der Waals surface area contributed by atoms with Crippen LogP contribution in [0.1, 0.15) is 10.6 Å². The summed E-state index contributed by atoms with van der Waals surface area (Å²) in [4.78, 5) is 14.8. The average molecular weight is 265 g/mol. The van der Waals surface area contributed by atoms with Crippen molar-refractivity contribution in [2.24, 2.45) is 0 Å². The summed E-state index contributed by atoms with van der Waals surface area (Å²) in [6.07, 6.45) is 3.52. The van der Waals surface area contributed by atoms with Crippen molar-refractivity contribution >= 4 is 28.5 Å². The molecular formula is C11H11N3OS2. The third-order valence-electron chi connectivity index (χ3n) is 2.11. The Hall–Kier alpha value is -1.37. The highest BCUT2D eigenvalue weighted by Gasteiger charge is 2.13. The number of hydrogen-bond acceptors (Lipinski definition) is 5. The van der Waals surface area contributed by atoms with Gasteiger partial charge in [-0.2, -0.15) is 0 Å². The monoisotopic (exact) mass is 265 g/mol. The summed E-state index contributed by atoms with van der Waals surface area (Å²) in [5, 5.41) is 0.908. The van der Waals surface area contributed by atoms with E-state index in [0.717, 1.165) is 21.1 Å². The van der Waals surface area contributed by atoms with Gasteiger partial charge in [0, 0.05) is 18.0 Å². The number of rotatable bonds is 3. The zero-order valence-corrected chi connectivity index (χ0v) is 11.1. The van der Waals surface area contributed by atoms with Crippen molar-refractivity contribution in [3.63, 3.8) is 0 Å². The molecule has 0 amide bonds. The Balaban J connectivity index is 2.34. The highest BCUT2D eigenvalue weighted by atomic mass is 32.1. The van der Waals surface area contributed by atoms with Gasteiger partial charge in [0.1, 0.15) is 10.00 Å². The Morgan fingerprint density at radius 3 is 3.00 bits per heavy atom. The molecule has 1 N–H and O–H groups in total. The second kappa shape index (κ2) is 5.31. The van der Waals surface area contributed by atoms with Gasteiger partial charge in [-0.3, -0.25) is 15.3 Å². The van der Waals surface area contributed by atoms with E-state index in [1.54, 1.807) is 12.4 Å². The number of thiocarbonyl (C=S) groups is 1. The van der Waals surface area contributed by atoms with Gasteiger partial charge in [-0.15, -0.1) is 11.3 Å².